The minimum Gasteiger partial charge on any atom is -0.381 e. The molecule has 0 spiro atoms. The van der Waals surface area contributed by atoms with Gasteiger partial charge >= 0.3 is 6.03 Å². The lowest BCUT2D eigenvalue weighted by atomic mass is 10.0. The van der Waals surface area contributed by atoms with Crippen LogP contribution in [-0.2, 0) is 17.7 Å². The molecule has 32 heavy (non-hydrogen) atoms. The molecule has 1 aromatic heterocycles. The molecule has 9 heteroatoms. The normalized spacial score (nSPS) is 17.2. The Morgan fingerprint density at radius 2 is 2.22 bits per heavy atom. The summed E-state index contributed by atoms with van der Waals surface area (Å²) in [6.07, 6.45) is 5.17. The van der Waals surface area contributed by atoms with Crippen LogP contribution in [0.1, 0.15) is 54.6 Å². The molecule has 1 unspecified atom stereocenters. The number of nitrogens with zero attached hydrogens (tertiary/aromatic N) is 4. The number of nitriles is 1. The summed E-state index contributed by atoms with van der Waals surface area (Å²) in [4.78, 5) is 24.0. The summed E-state index contributed by atoms with van der Waals surface area (Å²) < 4.78 is 5.41. The van der Waals surface area contributed by atoms with E-state index in [0.29, 0.717) is 42.1 Å². The van der Waals surface area contributed by atoms with Gasteiger partial charge in [0.2, 0.25) is 5.95 Å². The van der Waals surface area contributed by atoms with Crippen molar-refractivity contribution >= 4 is 23.6 Å². The highest BCUT2D eigenvalue weighted by atomic mass is 35.5. The second kappa shape index (κ2) is 10.2. The number of nitrogens with one attached hydrogen (secondary N) is 2. The zero-order chi connectivity index (χ0) is 22.5. The topological polar surface area (TPSA) is 103 Å². The van der Waals surface area contributed by atoms with Gasteiger partial charge in [-0.15, -0.1) is 0 Å². The molecule has 8 nitrogen and oxygen atoms in total. The van der Waals surface area contributed by atoms with E-state index in [2.05, 4.69) is 21.7 Å². The number of rotatable bonds is 5. The SMILES string of the molecule is CCC(NC(=O)N1CCc2cnc(NC3CCOCC3)nc2C1)c1ccc(C#N)c(Cl)c1. The van der Waals surface area contributed by atoms with Crippen molar-refractivity contribution in [2.45, 2.75) is 51.2 Å². The molecule has 0 saturated carbocycles. The van der Waals surface area contributed by atoms with Crippen molar-refractivity contribution in [3.05, 3.63) is 51.8 Å². The smallest absolute Gasteiger partial charge is 0.318 e. The minimum atomic E-state index is -0.190. The quantitative estimate of drug-likeness (QED) is 0.712. The van der Waals surface area contributed by atoms with E-state index in [4.69, 9.17) is 26.6 Å². The number of benzene rings is 1. The Hall–Kier alpha value is -2.89. The molecule has 2 aromatic rings. The van der Waals surface area contributed by atoms with E-state index in [1.165, 1.54) is 0 Å². The van der Waals surface area contributed by atoms with Crippen LogP contribution in [0.3, 0.4) is 0 Å². The van der Waals surface area contributed by atoms with Crippen LogP contribution in [0.4, 0.5) is 10.7 Å². The zero-order valence-electron chi connectivity index (χ0n) is 18.1. The average Bonchev–Trinajstić information content (AvgIpc) is 2.82. The van der Waals surface area contributed by atoms with Gasteiger partial charge in [0.15, 0.2) is 0 Å². The summed E-state index contributed by atoms with van der Waals surface area (Å²) in [6, 6.07) is 7.33. The van der Waals surface area contributed by atoms with Gasteiger partial charge in [-0.3, -0.25) is 0 Å². The molecule has 0 bridgehead atoms. The molecule has 168 valence electrons. The van der Waals surface area contributed by atoms with Gasteiger partial charge in [0, 0.05) is 32.0 Å². The number of fused-ring (bicyclic) bond motifs is 1. The van der Waals surface area contributed by atoms with Crippen LogP contribution in [0, 0.1) is 11.3 Å². The van der Waals surface area contributed by atoms with Crippen LogP contribution >= 0.6 is 11.6 Å². The number of hydrogen-bond donors (Lipinski definition) is 2. The monoisotopic (exact) mass is 454 g/mol. The third-order valence-electron chi connectivity index (χ3n) is 6.01. The summed E-state index contributed by atoms with van der Waals surface area (Å²) in [5.41, 5.74) is 3.27. The molecular weight excluding hydrogens is 428 g/mol. The molecule has 0 aliphatic carbocycles. The van der Waals surface area contributed by atoms with Crippen molar-refractivity contribution in [2.75, 3.05) is 25.1 Å². The van der Waals surface area contributed by atoms with E-state index in [1.54, 1.807) is 17.0 Å². The lowest BCUT2D eigenvalue weighted by molar-refractivity contribution is 0.0903. The average molecular weight is 455 g/mol. The highest BCUT2D eigenvalue weighted by Gasteiger charge is 2.25. The number of carbonyl (C=O) groups excluding carboxylic acids is 1. The van der Waals surface area contributed by atoms with Crippen molar-refractivity contribution in [3.63, 3.8) is 0 Å². The Balaban J connectivity index is 1.41. The number of carbonyl (C=O) groups is 1. The maximum Gasteiger partial charge on any atom is 0.318 e. The summed E-state index contributed by atoms with van der Waals surface area (Å²) in [7, 11) is 0. The fraction of sp³-hybridized carbons (Fsp3) is 0.478. The lowest BCUT2D eigenvalue weighted by Gasteiger charge is -2.30. The Labute approximate surface area is 192 Å². The Morgan fingerprint density at radius 1 is 1.41 bits per heavy atom. The maximum absolute atomic E-state index is 13.0. The fourth-order valence-electron chi connectivity index (χ4n) is 4.07. The number of ether oxygens (including phenoxy) is 1. The predicted molar refractivity (Wildman–Crippen MR) is 121 cm³/mol. The van der Waals surface area contributed by atoms with E-state index in [1.807, 2.05) is 19.2 Å². The van der Waals surface area contributed by atoms with Crippen LogP contribution in [0.2, 0.25) is 5.02 Å². The second-order valence-electron chi connectivity index (χ2n) is 8.13. The van der Waals surface area contributed by atoms with E-state index >= 15 is 0 Å². The van der Waals surface area contributed by atoms with Gasteiger partial charge in [0.1, 0.15) is 6.07 Å². The first-order valence-corrected chi connectivity index (χ1v) is 11.4. The number of aromatic nitrogens is 2. The van der Waals surface area contributed by atoms with Gasteiger partial charge in [-0.1, -0.05) is 24.6 Å². The van der Waals surface area contributed by atoms with Crippen LogP contribution in [0.25, 0.3) is 0 Å². The third-order valence-corrected chi connectivity index (χ3v) is 6.32. The van der Waals surface area contributed by atoms with Gasteiger partial charge in [-0.05, 0) is 48.9 Å². The molecule has 2 amide bonds. The fourth-order valence-corrected chi connectivity index (χ4v) is 4.30. The van der Waals surface area contributed by atoms with Crippen molar-refractivity contribution in [1.82, 2.24) is 20.2 Å². The predicted octanol–water partition coefficient (Wildman–Crippen LogP) is 3.81. The molecule has 1 fully saturated rings. The molecule has 2 N–H and O–H groups in total. The van der Waals surface area contributed by atoms with E-state index in [9.17, 15) is 4.79 Å². The van der Waals surface area contributed by atoms with Gasteiger partial charge in [0.05, 0.1) is 28.9 Å². The zero-order valence-corrected chi connectivity index (χ0v) is 18.9. The number of anilines is 1. The largest absolute Gasteiger partial charge is 0.381 e. The Bertz CT molecular complexity index is 1020. The molecule has 3 heterocycles. The summed E-state index contributed by atoms with van der Waals surface area (Å²) in [5, 5.41) is 16.0. The van der Waals surface area contributed by atoms with E-state index < -0.39 is 0 Å². The molecule has 1 saturated heterocycles. The Kier molecular flexibility index (Phi) is 7.08. The van der Waals surface area contributed by atoms with Gasteiger partial charge in [0.25, 0.3) is 0 Å². The summed E-state index contributed by atoms with van der Waals surface area (Å²) >= 11 is 6.18. The van der Waals surface area contributed by atoms with Crippen LogP contribution in [0.15, 0.2) is 24.4 Å². The summed E-state index contributed by atoms with van der Waals surface area (Å²) in [5.74, 6) is 0.608. The second-order valence-corrected chi connectivity index (χ2v) is 8.54. The summed E-state index contributed by atoms with van der Waals surface area (Å²) in [6.45, 7) is 4.55. The molecule has 2 aliphatic heterocycles. The highest BCUT2D eigenvalue weighted by Crippen LogP contribution is 2.25. The molecule has 0 radical (unpaired) electrons. The molecule has 1 atom stereocenters. The van der Waals surface area contributed by atoms with Crippen LogP contribution in [-0.4, -0.2) is 46.7 Å². The van der Waals surface area contributed by atoms with Crippen molar-refractivity contribution < 1.29 is 9.53 Å². The molecule has 2 aliphatic rings. The van der Waals surface area contributed by atoms with Crippen molar-refractivity contribution in [3.8, 4) is 6.07 Å². The first-order valence-electron chi connectivity index (χ1n) is 11.0. The van der Waals surface area contributed by atoms with Crippen LogP contribution < -0.4 is 10.6 Å². The maximum atomic E-state index is 13.0. The van der Waals surface area contributed by atoms with Gasteiger partial charge in [-0.25, -0.2) is 14.8 Å². The standard InChI is InChI=1S/C23H27ClN6O2/c1-2-20(15-3-4-16(12-25)19(24)11-15)29-23(31)30-8-5-17-13-26-22(28-21(17)14-30)27-18-6-9-32-10-7-18/h3-4,11,13,18,20H,2,5-10,14H2,1H3,(H,29,31)(H,26,27,28). The first kappa shape index (κ1) is 22.3. The number of amides is 2. The molecule has 1 aromatic carbocycles. The van der Waals surface area contributed by atoms with Gasteiger partial charge in [-0.2, -0.15) is 5.26 Å². The minimum absolute atomic E-state index is 0.138. The third kappa shape index (κ3) is 5.12. The lowest BCUT2D eigenvalue weighted by Crippen LogP contribution is -2.44. The number of urea groups is 1. The van der Waals surface area contributed by atoms with E-state index in [0.717, 1.165) is 49.3 Å². The van der Waals surface area contributed by atoms with Gasteiger partial charge < -0.3 is 20.3 Å². The number of hydrogen-bond acceptors (Lipinski definition) is 6. The van der Waals surface area contributed by atoms with Crippen LogP contribution in [0.5, 0.6) is 0 Å². The highest BCUT2D eigenvalue weighted by molar-refractivity contribution is 6.31. The first-order chi connectivity index (χ1) is 15.6. The Morgan fingerprint density at radius 3 is 2.94 bits per heavy atom. The molecule has 4 rings (SSSR count). The number of halogens is 1. The van der Waals surface area contributed by atoms with Crippen molar-refractivity contribution in [2.24, 2.45) is 0 Å². The molecular formula is C23H27ClN6O2. The van der Waals surface area contributed by atoms with E-state index in [-0.39, 0.29) is 12.1 Å². The van der Waals surface area contributed by atoms with Crippen molar-refractivity contribution in [1.29, 1.82) is 5.26 Å².